The van der Waals surface area contributed by atoms with Crippen LogP contribution in [0.25, 0.3) is 10.9 Å². The normalized spacial score (nSPS) is 37.0. The molecule has 0 aliphatic carbocycles. The number of para-hydroxylation sites is 2. The van der Waals surface area contributed by atoms with Gasteiger partial charge in [-0.3, -0.25) is 9.80 Å². The van der Waals surface area contributed by atoms with E-state index in [1.165, 1.54) is 39.0 Å². The predicted molar refractivity (Wildman–Crippen MR) is 188 cm³/mol. The van der Waals surface area contributed by atoms with Gasteiger partial charge >= 0.3 is 5.97 Å². The lowest BCUT2D eigenvalue weighted by atomic mass is 9.59. The number of hydrogen-bond donors (Lipinski definition) is 0. The fraction of sp³-hybridized carbons (Fsp3) is 0.537. The molecule has 7 heteroatoms. The molecule has 48 heavy (non-hydrogen) atoms. The van der Waals surface area contributed by atoms with Crippen LogP contribution in [0.3, 0.4) is 0 Å². The number of hydrogen-bond acceptors (Lipinski definition) is 6. The maximum atomic E-state index is 13.9. The summed E-state index contributed by atoms with van der Waals surface area (Å²) in [4.78, 5) is 22.0. The molecule has 7 nitrogen and oxygen atoms in total. The van der Waals surface area contributed by atoms with E-state index in [1.54, 1.807) is 12.7 Å². The number of fused-ring (bicyclic) bond motifs is 12. The second kappa shape index (κ2) is 10.5. The summed E-state index contributed by atoms with van der Waals surface area (Å²) in [7, 11) is 6.21. The van der Waals surface area contributed by atoms with Crippen molar-refractivity contribution < 1.29 is 14.3 Å². The summed E-state index contributed by atoms with van der Waals surface area (Å²) in [6, 6.07) is 19.0. The van der Waals surface area contributed by atoms with Crippen molar-refractivity contribution in [3.05, 3.63) is 88.8 Å². The number of piperidine rings is 4. The van der Waals surface area contributed by atoms with Gasteiger partial charge in [-0.1, -0.05) is 48.0 Å². The van der Waals surface area contributed by atoms with Crippen LogP contribution in [-0.2, 0) is 27.7 Å². The molecule has 10 rings (SSSR count). The number of nitrogens with zero attached hydrogens (tertiary/aromatic N) is 4. The highest BCUT2D eigenvalue weighted by atomic mass is 16.5. The van der Waals surface area contributed by atoms with Gasteiger partial charge in [0.25, 0.3) is 0 Å². The van der Waals surface area contributed by atoms with Gasteiger partial charge in [-0.25, -0.2) is 4.79 Å². The van der Waals surface area contributed by atoms with Crippen LogP contribution in [0.1, 0.15) is 67.8 Å². The summed E-state index contributed by atoms with van der Waals surface area (Å²) in [5, 5.41) is 1.43. The highest BCUT2D eigenvalue weighted by Crippen LogP contribution is 2.63. The molecule has 2 aromatic carbocycles. The monoisotopic (exact) mass is 644 g/mol. The number of methoxy groups -OCH3 is 1. The van der Waals surface area contributed by atoms with Gasteiger partial charge in [-0.2, -0.15) is 0 Å². The fourth-order valence-electron chi connectivity index (χ4n) is 12.5. The van der Waals surface area contributed by atoms with Gasteiger partial charge in [0.05, 0.1) is 31.6 Å². The number of esters is 1. The molecule has 4 fully saturated rings. The number of carbonyl (C=O) groups excluding carboxylic acids is 1. The number of allylic oxidation sites excluding steroid dienone is 2. The second-order valence-corrected chi connectivity index (χ2v) is 15.8. The van der Waals surface area contributed by atoms with E-state index in [4.69, 9.17) is 9.47 Å². The van der Waals surface area contributed by atoms with Gasteiger partial charge in [0.2, 0.25) is 0 Å². The van der Waals surface area contributed by atoms with Crippen molar-refractivity contribution >= 4 is 22.6 Å². The molecule has 4 saturated heterocycles. The molecule has 3 aromatic rings. The van der Waals surface area contributed by atoms with Crippen molar-refractivity contribution in [2.75, 3.05) is 38.8 Å². The first-order valence-electron chi connectivity index (χ1n) is 18.4. The zero-order chi connectivity index (χ0) is 32.5. The summed E-state index contributed by atoms with van der Waals surface area (Å²) in [6.07, 6.45) is 10.9. The third-order valence-corrected chi connectivity index (χ3v) is 14.5. The van der Waals surface area contributed by atoms with Gasteiger partial charge in [-0.15, -0.1) is 0 Å². The average molecular weight is 645 g/mol. The lowest BCUT2D eigenvalue weighted by Gasteiger charge is -2.65. The van der Waals surface area contributed by atoms with Gasteiger partial charge < -0.3 is 18.9 Å². The van der Waals surface area contributed by atoms with Crippen molar-refractivity contribution in [1.29, 1.82) is 0 Å². The fourth-order valence-corrected chi connectivity index (χ4v) is 12.5. The van der Waals surface area contributed by atoms with E-state index in [0.29, 0.717) is 35.9 Å². The van der Waals surface area contributed by atoms with E-state index < -0.39 is 0 Å². The molecule has 8 heterocycles. The molecule has 0 radical (unpaired) electrons. The molecular formula is C41H48N4O3. The number of aromatic nitrogens is 1. The van der Waals surface area contributed by atoms with Crippen molar-refractivity contribution in [2.45, 2.75) is 81.1 Å². The molecule has 9 atom stereocenters. The van der Waals surface area contributed by atoms with Gasteiger partial charge in [0, 0.05) is 65.7 Å². The highest BCUT2D eigenvalue weighted by molar-refractivity contribution is 5.87. The summed E-state index contributed by atoms with van der Waals surface area (Å²) >= 11 is 0. The van der Waals surface area contributed by atoms with Crippen LogP contribution in [0.4, 0.5) is 5.69 Å². The molecule has 1 aromatic heterocycles. The van der Waals surface area contributed by atoms with Crippen LogP contribution < -0.4 is 4.90 Å². The Hall–Kier alpha value is -3.55. The Morgan fingerprint density at radius 3 is 2.77 bits per heavy atom. The summed E-state index contributed by atoms with van der Waals surface area (Å²) in [5.41, 5.74) is 9.87. The van der Waals surface area contributed by atoms with Crippen molar-refractivity contribution in [3.8, 4) is 0 Å². The third kappa shape index (κ3) is 3.65. The quantitative estimate of drug-likeness (QED) is 0.244. The predicted octanol–water partition coefficient (Wildman–Crippen LogP) is 6.34. The minimum atomic E-state index is -0.291. The van der Waals surface area contributed by atoms with E-state index in [-0.39, 0.29) is 23.5 Å². The molecular weight excluding hydrogens is 596 g/mol. The molecule has 4 bridgehead atoms. The van der Waals surface area contributed by atoms with E-state index in [1.807, 2.05) is 0 Å². The SMILES string of the molecule is C/C=C1\CN2CCC3c4ccccc4N4C(C(=O)OC)C1CC2C34CCC1=COCC2C1CC1c3c(c4ccccc4n3C)CC2N1C. The van der Waals surface area contributed by atoms with E-state index in [0.717, 1.165) is 58.2 Å². The Morgan fingerprint density at radius 2 is 1.92 bits per heavy atom. The molecule has 250 valence electrons. The number of ether oxygens (including phenoxy) is 2. The van der Waals surface area contributed by atoms with Crippen LogP contribution >= 0.6 is 0 Å². The van der Waals surface area contributed by atoms with Crippen LogP contribution in [-0.4, -0.2) is 77.9 Å². The third-order valence-electron chi connectivity index (χ3n) is 14.5. The highest BCUT2D eigenvalue weighted by Gasteiger charge is 2.67. The number of anilines is 1. The van der Waals surface area contributed by atoms with E-state index in [2.05, 4.69) is 101 Å². The first-order valence-corrected chi connectivity index (χ1v) is 18.4. The summed E-state index contributed by atoms with van der Waals surface area (Å²) in [5.74, 6) is 1.51. The first-order chi connectivity index (χ1) is 23.5. The number of benzene rings is 2. The topological polar surface area (TPSA) is 50.2 Å². The van der Waals surface area contributed by atoms with E-state index >= 15 is 0 Å². The molecule has 0 amide bonds. The lowest BCUT2D eigenvalue weighted by molar-refractivity contribution is -0.147. The van der Waals surface area contributed by atoms with Crippen LogP contribution in [0.15, 0.2) is 72.0 Å². The molecule has 7 aliphatic rings. The number of rotatable bonds is 4. The standard InChI is InChI=1S/C41H48N4O3/c1-5-24-21-44-17-15-32-27-11-7-9-13-34(27)45-39(40(46)47-4)29(24)20-37(44)41(32,45)16-14-25-22-48-23-31-28(25)18-36-38-30(19-35(31)42(36)2)26-10-6-8-12-33(26)43(38)3/h5-13,22,28-29,31-32,35-37,39H,14-21,23H2,1-4H3/b24-5+. The van der Waals surface area contributed by atoms with E-state index in [9.17, 15) is 4.79 Å². The zero-order valence-corrected chi connectivity index (χ0v) is 28.8. The smallest absolute Gasteiger partial charge is 0.329 e. The Labute approximate surface area is 284 Å². The molecule has 0 spiro atoms. The summed E-state index contributed by atoms with van der Waals surface area (Å²) in [6.45, 7) is 5.04. The van der Waals surface area contributed by atoms with Crippen LogP contribution in [0.5, 0.6) is 0 Å². The Balaban J connectivity index is 1.03. The molecule has 0 saturated carbocycles. The van der Waals surface area contributed by atoms with Gasteiger partial charge in [0.1, 0.15) is 6.04 Å². The first kappa shape index (κ1) is 29.4. The van der Waals surface area contributed by atoms with Crippen LogP contribution in [0.2, 0.25) is 0 Å². The zero-order valence-electron chi connectivity index (χ0n) is 28.8. The van der Waals surface area contributed by atoms with Crippen molar-refractivity contribution in [2.24, 2.45) is 24.8 Å². The average Bonchev–Trinajstić information content (AvgIpc) is 3.56. The number of aryl methyl sites for hydroxylation is 1. The second-order valence-electron chi connectivity index (χ2n) is 15.8. The lowest BCUT2D eigenvalue weighted by Crippen LogP contribution is -2.76. The Kier molecular flexibility index (Phi) is 6.41. The molecule has 7 aliphatic heterocycles. The minimum Gasteiger partial charge on any atom is -0.501 e. The molecule has 9 unspecified atom stereocenters. The summed E-state index contributed by atoms with van der Waals surface area (Å²) < 4.78 is 14.6. The van der Waals surface area contributed by atoms with Gasteiger partial charge in [0.15, 0.2) is 0 Å². The minimum absolute atomic E-state index is 0.0826. The van der Waals surface area contributed by atoms with Crippen molar-refractivity contribution in [1.82, 2.24) is 14.4 Å². The maximum Gasteiger partial charge on any atom is 0.329 e. The number of likely N-dealkylation sites (N-methyl/N-ethyl adjacent to an activating group) is 1. The van der Waals surface area contributed by atoms with Gasteiger partial charge in [-0.05, 0) is 93.8 Å². The maximum absolute atomic E-state index is 13.9. The Bertz CT molecular complexity index is 1890. The molecule has 0 N–H and O–H groups in total. The number of carbonyl (C=O) groups is 1. The largest absolute Gasteiger partial charge is 0.501 e. The van der Waals surface area contributed by atoms with Crippen molar-refractivity contribution in [3.63, 3.8) is 0 Å². The van der Waals surface area contributed by atoms with Crippen LogP contribution in [0, 0.1) is 17.8 Å². The Morgan fingerprint density at radius 1 is 1.08 bits per heavy atom.